The number of ether oxygens (including phenoxy) is 1. The Labute approximate surface area is 132 Å². The van der Waals surface area contributed by atoms with Crippen molar-refractivity contribution < 1.29 is 4.74 Å². The Balaban J connectivity index is 2.20. The highest BCUT2D eigenvalue weighted by Gasteiger charge is 2.15. The number of halogens is 3. The van der Waals surface area contributed by atoms with E-state index in [1.54, 1.807) is 11.3 Å². The van der Waals surface area contributed by atoms with E-state index in [1.807, 2.05) is 25.1 Å². The highest BCUT2D eigenvalue weighted by Crippen LogP contribution is 2.41. The predicted molar refractivity (Wildman–Crippen MR) is 85.4 cm³/mol. The molecule has 0 radical (unpaired) electrons. The lowest BCUT2D eigenvalue weighted by Crippen LogP contribution is -1.93. The van der Waals surface area contributed by atoms with Gasteiger partial charge in [-0.3, -0.25) is 0 Å². The maximum Gasteiger partial charge on any atom is 0.119 e. The predicted octanol–water partition coefficient (Wildman–Crippen LogP) is 6.05. The summed E-state index contributed by atoms with van der Waals surface area (Å²) >= 11 is 14.8. The zero-order valence-electron chi connectivity index (χ0n) is 9.62. The van der Waals surface area contributed by atoms with Crippen molar-refractivity contribution >= 4 is 54.8 Å². The summed E-state index contributed by atoms with van der Waals surface area (Å²) in [6.07, 6.45) is 0. The lowest BCUT2D eigenvalue weighted by atomic mass is 10.1. The smallest absolute Gasteiger partial charge is 0.119 e. The van der Waals surface area contributed by atoms with Crippen molar-refractivity contribution in [1.29, 1.82) is 0 Å². The highest BCUT2D eigenvalue weighted by atomic mass is 79.9. The fourth-order valence-corrected chi connectivity index (χ4v) is 4.02. The van der Waals surface area contributed by atoms with Crippen LogP contribution in [0.3, 0.4) is 0 Å². The van der Waals surface area contributed by atoms with Gasteiger partial charge in [-0.15, -0.1) is 11.3 Å². The minimum absolute atomic E-state index is 0.155. The maximum atomic E-state index is 6.05. The van der Waals surface area contributed by atoms with Crippen molar-refractivity contribution in [3.63, 3.8) is 0 Å². The fourth-order valence-electron chi connectivity index (χ4n) is 1.55. The summed E-state index contributed by atoms with van der Waals surface area (Å²) in [5.41, 5.74) is 1.18. The van der Waals surface area contributed by atoms with E-state index in [0.717, 1.165) is 14.6 Å². The standard InChI is InChI=1S/C13H11Br2ClOS/c1-2-17-9-5-3-8(4-6-9)12(14)11-7-10(16)13(15)18-11/h3-7,12H,2H2,1H3. The van der Waals surface area contributed by atoms with E-state index < -0.39 is 0 Å². The molecule has 1 aromatic heterocycles. The summed E-state index contributed by atoms with van der Waals surface area (Å²) in [4.78, 5) is 1.33. The third-order valence-electron chi connectivity index (χ3n) is 2.40. The molecular weight excluding hydrogens is 399 g/mol. The van der Waals surface area contributed by atoms with E-state index in [1.165, 1.54) is 10.4 Å². The second-order valence-electron chi connectivity index (χ2n) is 3.64. The third kappa shape index (κ3) is 3.29. The Morgan fingerprint density at radius 3 is 2.50 bits per heavy atom. The van der Waals surface area contributed by atoms with Crippen LogP contribution in [0.15, 0.2) is 34.1 Å². The SMILES string of the molecule is CCOc1ccc(C(Br)c2cc(Cl)c(Br)s2)cc1. The van der Waals surface area contributed by atoms with Crippen LogP contribution in [0.4, 0.5) is 0 Å². The van der Waals surface area contributed by atoms with Crippen LogP contribution in [0.25, 0.3) is 0 Å². The molecule has 0 saturated heterocycles. The second kappa shape index (κ2) is 6.42. The summed E-state index contributed by atoms with van der Waals surface area (Å²) in [5.74, 6) is 0.895. The Morgan fingerprint density at radius 2 is 2.00 bits per heavy atom. The molecule has 0 spiro atoms. The fraction of sp³-hybridized carbons (Fsp3) is 0.231. The van der Waals surface area contributed by atoms with Gasteiger partial charge in [-0.2, -0.15) is 0 Å². The van der Waals surface area contributed by atoms with Crippen molar-refractivity contribution in [2.45, 2.75) is 11.8 Å². The quantitative estimate of drug-likeness (QED) is 0.558. The molecule has 5 heteroatoms. The topological polar surface area (TPSA) is 9.23 Å². The summed E-state index contributed by atoms with van der Waals surface area (Å²) in [7, 11) is 0. The molecular formula is C13H11Br2ClOS. The van der Waals surface area contributed by atoms with Gasteiger partial charge < -0.3 is 4.74 Å². The third-order valence-corrected chi connectivity index (χ3v) is 6.26. The molecule has 0 fully saturated rings. The van der Waals surface area contributed by atoms with Gasteiger partial charge in [0.25, 0.3) is 0 Å². The van der Waals surface area contributed by atoms with Crippen LogP contribution in [0.2, 0.25) is 5.02 Å². The monoisotopic (exact) mass is 408 g/mol. The van der Waals surface area contributed by atoms with Crippen LogP contribution in [0.5, 0.6) is 5.75 Å². The summed E-state index contributed by atoms with van der Waals surface area (Å²) in [5, 5.41) is 0.755. The first kappa shape index (κ1) is 14.4. The van der Waals surface area contributed by atoms with Gasteiger partial charge >= 0.3 is 0 Å². The normalized spacial score (nSPS) is 12.4. The Bertz CT molecular complexity index is 505. The average Bonchev–Trinajstić information content (AvgIpc) is 2.70. The zero-order chi connectivity index (χ0) is 13.1. The highest BCUT2D eigenvalue weighted by molar-refractivity contribution is 9.11. The van der Waals surface area contributed by atoms with Crippen molar-refractivity contribution in [2.75, 3.05) is 6.61 Å². The molecule has 0 aliphatic rings. The Morgan fingerprint density at radius 1 is 1.33 bits per heavy atom. The lowest BCUT2D eigenvalue weighted by molar-refractivity contribution is 0.340. The maximum absolute atomic E-state index is 6.05. The molecule has 0 N–H and O–H groups in total. The zero-order valence-corrected chi connectivity index (χ0v) is 14.4. The minimum Gasteiger partial charge on any atom is -0.494 e. The molecule has 1 heterocycles. The van der Waals surface area contributed by atoms with E-state index in [-0.39, 0.29) is 4.83 Å². The summed E-state index contributed by atoms with van der Waals surface area (Å²) < 4.78 is 6.40. The lowest BCUT2D eigenvalue weighted by Gasteiger charge is -2.09. The van der Waals surface area contributed by atoms with Crippen LogP contribution in [0.1, 0.15) is 22.2 Å². The van der Waals surface area contributed by atoms with E-state index in [2.05, 4.69) is 44.0 Å². The molecule has 2 aromatic rings. The Kier molecular flexibility index (Phi) is 5.13. The number of benzene rings is 1. The number of thiophene rings is 1. The molecule has 0 saturated carbocycles. The van der Waals surface area contributed by atoms with E-state index >= 15 is 0 Å². The molecule has 2 rings (SSSR count). The van der Waals surface area contributed by atoms with Crippen LogP contribution < -0.4 is 4.74 Å². The average molecular weight is 411 g/mol. The van der Waals surface area contributed by atoms with Gasteiger partial charge in [-0.25, -0.2) is 0 Å². The van der Waals surface area contributed by atoms with Crippen LogP contribution in [0, 0.1) is 0 Å². The molecule has 0 bridgehead atoms. The second-order valence-corrected chi connectivity index (χ2v) is 7.36. The van der Waals surface area contributed by atoms with E-state index in [0.29, 0.717) is 6.61 Å². The van der Waals surface area contributed by atoms with Gasteiger partial charge in [0, 0.05) is 4.88 Å². The summed E-state index contributed by atoms with van der Waals surface area (Å²) in [6, 6.07) is 10.1. The van der Waals surface area contributed by atoms with Crippen molar-refractivity contribution in [1.82, 2.24) is 0 Å². The molecule has 96 valence electrons. The molecule has 0 aliphatic carbocycles. The van der Waals surface area contributed by atoms with Crippen molar-refractivity contribution in [2.24, 2.45) is 0 Å². The molecule has 1 unspecified atom stereocenters. The number of hydrogen-bond acceptors (Lipinski definition) is 2. The van der Waals surface area contributed by atoms with Crippen molar-refractivity contribution in [3.8, 4) is 5.75 Å². The molecule has 1 nitrogen and oxygen atoms in total. The van der Waals surface area contributed by atoms with E-state index in [9.17, 15) is 0 Å². The molecule has 18 heavy (non-hydrogen) atoms. The van der Waals surface area contributed by atoms with Gasteiger partial charge in [-0.1, -0.05) is 39.7 Å². The Hall–Kier alpha value is -0.0300. The van der Waals surface area contributed by atoms with Gasteiger partial charge in [0.05, 0.1) is 20.2 Å². The summed E-state index contributed by atoms with van der Waals surface area (Å²) in [6.45, 7) is 2.66. The van der Waals surface area contributed by atoms with Gasteiger partial charge in [0.15, 0.2) is 0 Å². The number of alkyl halides is 1. The van der Waals surface area contributed by atoms with Crippen LogP contribution >= 0.6 is 54.8 Å². The molecule has 1 atom stereocenters. The number of hydrogen-bond donors (Lipinski definition) is 0. The van der Waals surface area contributed by atoms with Crippen molar-refractivity contribution in [3.05, 3.63) is 49.6 Å². The first-order chi connectivity index (χ1) is 8.61. The first-order valence-electron chi connectivity index (χ1n) is 5.43. The minimum atomic E-state index is 0.155. The van der Waals surface area contributed by atoms with Gasteiger partial charge in [0.1, 0.15) is 5.75 Å². The van der Waals surface area contributed by atoms with Crippen LogP contribution in [-0.4, -0.2) is 6.61 Å². The molecule has 1 aromatic carbocycles. The first-order valence-corrected chi connectivity index (χ1v) is 8.33. The van der Waals surface area contributed by atoms with Gasteiger partial charge in [0.2, 0.25) is 0 Å². The number of rotatable bonds is 4. The largest absolute Gasteiger partial charge is 0.494 e. The van der Waals surface area contributed by atoms with E-state index in [4.69, 9.17) is 16.3 Å². The molecule has 0 amide bonds. The molecule has 0 aliphatic heterocycles. The van der Waals surface area contributed by atoms with Gasteiger partial charge in [-0.05, 0) is 46.6 Å². The van der Waals surface area contributed by atoms with Crippen LogP contribution in [-0.2, 0) is 0 Å².